The van der Waals surface area contributed by atoms with Crippen molar-refractivity contribution in [2.24, 2.45) is 0 Å². The monoisotopic (exact) mass is 591 g/mol. The number of likely N-dealkylation sites (tertiary alicyclic amines) is 1. The lowest BCUT2D eigenvalue weighted by Crippen LogP contribution is -2.46. The third-order valence-corrected chi connectivity index (χ3v) is 8.17. The second-order valence-corrected chi connectivity index (χ2v) is 11.6. The van der Waals surface area contributed by atoms with Crippen LogP contribution < -0.4 is 9.64 Å². The Labute approximate surface area is 247 Å². The molecule has 0 spiro atoms. The molecule has 0 unspecified atom stereocenters. The number of nitrogens with zero attached hydrogens (tertiary/aromatic N) is 5. The van der Waals surface area contributed by atoms with Gasteiger partial charge in [-0.2, -0.15) is 9.97 Å². The topological polar surface area (TPSA) is 94.8 Å². The van der Waals surface area contributed by atoms with Crippen LogP contribution >= 0.6 is 0 Å². The molecule has 224 valence electrons. The van der Waals surface area contributed by atoms with Gasteiger partial charge in [0, 0.05) is 36.6 Å². The quantitative estimate of drug-likeness (QED) is 0.314. The molecule has 11 heteroatoms. The number of benzene rings is 2. The van der Waals surface area contributed by atoms with Crippen LogP contribution in [0.1, 0.15) is 38.8 Å². The van der Waals surface area contributed by atoms with E-state index in [0.29, 0.717) is 37.0 Å². The van der Waals surface area contributed by atoms with E-state index in [0.717, 1.165) is 0 Å². The Bertz CT molecular complexity index is 1790. The average Bonchev–Trinajstić information content (AvgIpc) is 3.28. The SMILES string of the molecule is CC#Cc1nc(-c2cc(O)cc3cccc(F)c23)c(F)c2nc(OC[C@@H]3C[C@@H](F)CN3C)nc(N3CCC[C@@](C)(O)C3)c12. The molecule has 2 aromatic carbocycles. The Hall–Kier alpha value is -4.14. The van der Waals surface area contributed by atoms with Crippen LogP contribution in [0.5, 0.6) is 11.8 Å². The highest BCUT2D eigenvalue weighted by Crippen LogP contribution is 2.40. The Morgan fingerprint density at radius 2 is 1.98 bits per heavy atom. The first-order chi connectivity index (χ1) is 20.5. The third kappa shape index (κ3) is 5.53. The number of aromatic nitrogens is 3. The van der Waals surface area contributed by atoms with Gasteiger partial charge in [0.05, 0.1) is 11.0 Å². The molecule has 2 fully saturated rings. The van der Waals surface area contributed by atoms with Crippen molar-refractivity contribution in [3.8, 4) is 34.9 Å². The Balaban J connectivity index is 1.59. The van der Waals surface area contributed by atoms with Crippen LogP contribution in [0.3, 0.4) is 0 Å². The number of hydrogen-bond donors (Lipinski definition) is 2. The zero-order chi connectivity index (χ0) is 30.5. The number of halogens is 3. The molecule has 4 heterocycles. The zero-order valence-electron chi connectivity index (χ0n) is 24.2. The number of hydrogen-bond acceptors (Lipinski definition) is 8. The molecule has 8 nitrogen and oxygen atoms in total. The highest BCUT2D eigenvalue weighted by Gasteiger charge is 2.34. The highest BCUT2D eigenvalue weighted by molar-refractivity contribution is 6.01. The van der Waals surface area contributed by atoms with E-state index in [2.05, 4.69) is 26.8 Å². The second kappa shape index (κ2) is 11.2. The summed E-state index contributed by atoms with van der Waals surface area (Å²) < 4.78 is 51.8. The van der Waals surface area contributed by atoms with Crippen molar-refractivity contribution in [1.29, 1.82) is 0 Å². The summed E-state index contributed by atoms with van der Waals surface area (Å²) in [6.45, 7) is 4.47. The molecule has 2 aromatic heterocycles. The number of anilines is 1. The molecule has 6 rings (SSSR count). The smallest absolute Gasteiger partial charge is 0.319 e. The number of likely N-dealkylation sites (N-methyl/N-ethyl adjacent to an activating group) is 1. The summed E-state index contributed by atoms with van der Waals surface area (Å²) in [5.41, 5.74) is -1.21. The number of rotatable bonds is 5. The van der Waals surface area contributed by atoms with Crippen LogP contribution in [-0.4, -0.2) is 81.2 Å². The van der Waals surface area contributed by atoms with E-state index < -0.39 is 23.4 Å². The molecule has 43 heavy (non-hydrogen) atoms. The first-order valence-corrected chi connectivity index (χ1v) is 14.2. The second-order valence-electron chi connectivity index (χ2n) is 11.6. The summed E-state index contributed by atoms with van der Waals surface area (Å²) in [6, 6.07) is 6.69. The third-order valence-electron chi connectivity index (χ3n) is 8.17. The van der Waals surface area contributed by atoms with Crippen LogP contribution in [0.2, 0.25) is 0 Å². The van der Waals surface area contributed by atoms with Crippen LogP contribution in [0.4, 0.5) is 19.0 Å². The fourth-order valence-electron chi connectivity index (χ4n) is 6.15. The molecular formula is C32H32F3N5O3. The van der Waals surface area contributed by atoms with Gasteiger partial charge in [-0.05, 0) is 69.7 Å². The van der Waals surface area contributed by atoms with Gasteiger partial charge in [0.2, 0.25) is 0 Å². The van der Waals surface area contributed by atoms with Crippen molar-refractivity contribution in [2.45, 2.75) is 50.9 Å². The molecule has 0 aliphatic carbocycles. The Morgan fingerprint density at radius 3 is 2.70 bits per heavy atom. The van der Waals surface area contributed by atoms with Crippen LogP contribution in [-0.2, 0) is 0 Å². The zero-order valence-corrected chi connectivity index (χ0v) is 24.2. The fraction of sp³-hybridized carbons (Fsp3) is 0.406. The number of ether oxygens (including phenoxy) is 1. The van der Waals surface area contributed by atoms with Gasteiger partial charge in [0.25, 0.3) is 0 Å². The molecule has 4 aromatic rings. The van der Waals surface area contributed by atoms with Crippen molar-refractivity contribution in [1.82, 2.24) is 19.9 Å². The number of phenols is 1. The maximum absolute atomic E-state index is 16.7. The molecule has 3 atom stereocenters. The number of alkyl halides is 1. The molecule has 2 aliphatic rings. The molecule has 0 radical (unpaired) electrons. The molecule has 0 bridgehead atoms. The van der Waals surface area contributed by atoms with E-state index in [1.807, 2.05) is 16.8 Å². The largest absolute Gasteiger partial charge is 0.508 e. The summed E-state index contributed by atoms with van der Waals surface area (Å²) in [4.78, 5) is 17.4. The van der Waals surface area contributed by atoms with Gasteiger partial charge >= 0.3 is 6.01 Å². The normalized spacial score (nSPS) is 22.6. The van der Waals surface area contributed by atoms with Gasteiger partial charge in [-0.3, -0.25) is 4.90 Å². The van der Waals surface area contributed by atoms with Crippen LogP contribution in [0.25, 0.3) is 32.9 Å². The van der Waals surface area contributed by atoms with Gasteiger partial charge < -0.3 is 19.8 Å². The minimum Gasteiger partial charge on any atom is -0.508 e. The summed E-state index contributed by atoms with van der Waals surface area (Å²) in [5.74, 6) is 4.38. The lowest BCUT2D eigenvalue weighted by atomic mass is 9.94. The minimum atomic E-state index is -1.01. The number of β-amino-alcohol motifs (C(OH)–C–C–N with tert-alkyl or cyclic N) is 1. The number of phenolic OH excluding ortho intramolecular Hbond substituents is 1. The first kappa shape index (κ1) is 29.0. The fourth-order valence-corrected chi connectivity index (χ4v) is 6.15. The standard InChI is InChI=1S/C32H32F3N5O3/c1-4-7-24-26-29(27(35)28(36-24)22-14-21(41)12-18-8-5-9-23(34)25(18)22)37-31(43-16-20-13-19(33)15-39(20)3)38-30(26)40-11-6-10-32(2,42)17-40/h5,8-9,12,14,19-20,41-42H,6,10-11,13,15-17H2,1-3H3/t19-,20+,32-/m1/s1. The summed E-state index contributed by atoms with van der Waals surface area (Å²) in [6.07, 6.45) is 0.571. The number of piperidine rings is 1. The molecule has 2 N–H and O–H groups in total. The van der Waals surface area contributed by atoms with Gasteiger partial charge in [-0.1, -0.05) is 18.1 Å². The first-order valence-electron chi connectivity index (χ1n) is 14.2. The van der Waals surface area contributed by atoms with E-state index in [9.17, 15) is 14.6 Å². The maximum Gasteiger partial charge on any atom is 0.319 e. The molecule has 2 aliphatic heterocycles. The Morgan fingerprint density at radius 1 is 1.16 bits per heavy atom. The summed E-state index contributed by atoms with van der Waals surface area (Å²) in [7, 11) is 1.81. The number of pyridine rings is 1. The van der Waals surface area contributed by atoms with Crippen molar-refractivity contribution in [3.05, 3.63) is 47.7 Å². The van der Waals surface area contributed by atoms with E-state index in [-0.39, 0.29) is 70.7 Å². The number of aromatic hydroxyl groups is 1. The summed E-state index contributed by atoms with van der Waals surface area (Å²) in [5, 5.41) is 22.0. The van der Waals surface area contributed by atoms with Crippen LogP contribution in [0.15, 0.2) is 30.3 Å². The van der Waals surface area contributed by atoms with Crippen molar-refractivity contribution >= 4 is 27.5 Å². The van der Waals surface area contributed by atoms with Crippen LogP contribution in [0, 0.1) is 23.5 Å². The number of fused-ring (bicyclic) bond motifs is 2. The average molecular weight is 592 g/mol. The molecular weight excluding hydrogens is 559 g/mol. The lowest BCUT2D eigenvalue weighted by molar-refractivity contribution is 0.0447. The minimum absolute atomic E-state index is 0.0387. The Kier molecular flexibility index (Phi) is 7.52. The number of aliphatic hydroxyl groups is 1. The predicted molar refractivity (Wildman–Crippen MR) is 158 cm³/mol. The van der Waals surface area contributed by atoms with Crippen molar-refractivity contribution < 1.29 is 28.1 Å². The van der Waals surface area contributed by atoms with E-state index in [4.69, 9.17) is 4.74 Å². The maximum atomic E-state index is 16.7. The van der Waals surface area contributed by atoms with E-state index in [1.54, 1.807) is 19.9 Å². The summed E-state index contributed by atoms with van der Waals surface area (Å²) >= 11 is 0. The predicted octanol–water partition coefficient (Wildman–Crippen LogP) is 4.97. The van der Waals surface area contributed by atoms with Gasteiger partial charge in [0.15, 0.2) is 5.82 Å². The van der Waals surface area contributed by atoms with Gasteiger partial charge in [-0.25, -0.2) is 18.2 Å². The molecule has 0 amide bonds. The van der Waals surface area contributed by atoms with Gasteiger partial charge in [-0.15, -0.1) is 0 Å². The van der Waals surface area contributed by atoms with E-state index >= 15 is 8.78 Å². The van der Waals surface area contributed by atoms with Crippen molar-refractivity contribution in [2.75, 3.05) is 38.2 Å². The lowest BCUT2D eigenvalue weighted by Gasteiger charge is -2.38. The van der Waals surface area contributed by atoms with E-state index in [1.165, 1.54) is 24.3 Å². The molecule has 2 saturated heterocycles. The van der Waals surface area contributed by atoms with Crippen molar-refractivity contribution in [3.63, 3.8) is 0 Å². The highest BCUT2D eigenvalue weighted by atomic mass is 19.1. The van der Waals surface area contributed by atoms with Gasteiger partial charge in [0.1, 0.15) is 47.1 Å². The molecule has 0 saturated carbocycles.